The summed E-state index contributed by atoms with van der Waals surface area (Å²) in [7, 11) is 0. The smallest absolute Gasteiger partial charge is 0.288 e. The molecule has 2 aromatic heterocycles. The summed E-state index contributed by atoms with van der Waals surface area (Å²) >= 11 is 0. The van der Waals surface area contributed by atoms with Crippen molar-refractivity contribution in [3.05, 3.63) is 54.6 Å². The Morgan fingerprint density at radius 2 is 2.13 bits per heavy atom. The van der Waals surface area contributed by atoms with Gasteiger partial charge in [-0.3, -0.25) is 14.5 Å². The SMILES string of the molecule is O=C(N[C@H]1C[C@H]2C(=O)NC[C@@H](Cc3nnc(-c4ccccc4)o3)N2C1)c1cnco1. The van der Waals surface area contributed by atoms with Gasteiger partial charge in [0.15, 0.2) is 6.39 Å². The molecule has 2 amide bonds. The number of rotatable bonds is 5. The number of amides is 2. The molecule has 10 heteroatoms. The number of hydrogen-bond donors (Lipinski definition) is 2. The Hall–Kier alpha value is -3.53. The van der Waals surface area contributed by atoms with E-state index in [1.54, 1.807) is 0 Å². The molecule has 0 aliphatic carbocycles. The Bertz CT molecular complexity index is 1030. The standard InChI is InChI=1S/C20H20N6O4/c27-18-15-6-13(23-19(28)16-9-21-11-29-16)10-26(15)14(8-22-18)7-17-24-25-20(30-17)12-4-2-1-3-5-12/h1-5,9,11,13-15H,6-8,10H2,(H,22,27)(H,23,28)/t13-,14+,15-/m0/s1. The fraction of sp³-hybridized carbons (Fsp3) is 0.350. The third-order valence-corrected chi connectivity index (χ3v) is 5.51. The fourth-order valence-electron chi connectivity index (χ4n) is 4.09. The molecule has 5 rings (SSSR count). The molecule has 10 nitrogen and oxygen atoms in total. The minimum atomic E-state index is -0.335. The van der Waals surface area contributed by atoms with Crippen molar-refractivity contribution in [3.63, 3.8) is 0 Å². The third-order valence-electron chi connectivity index (χ3n) is 5.51. The summed E-state index contributed by atoms with van der Waals surface area (Å²) in [6, 6.07) is 9.12. The van der Waals surface area contributed by atoms with Gasteiger partial charge in [-0.1, -0.05) is 18.2 Å². The molecule has 3 aromatic rings. The van der Waals surface area contributed by atoms with Gasteiger partial charge in [-0.2, -0.15) is 0 Å². The molecule has 2 N–H and O–H groups in total. The minimum absolute atomic E-state index is 0.00366. The van der Waals surface area contributed by atoms with Crippen LogP contribution in [0.25, 0.3) is 11.5 Å². The third kappa shape index (κ3) is 3.57. The highest BCUT2D eigenvalue weighted by molar-refractivity contribution is 5.91. The zero-order valence-electron chi connectivity index (χ0n) is 16.0. The van der Waals surface area contributed by atoms with Gasteiger partial charge in [0.2, 0.25) is 23.4 Å². The van der Waals surface area contributed by atoms with E-state index in [0.29, 0.717) is 37.7 Å². The van der Waals surface area contributed by atoms with Gasteiger partial charge < -0.3 is 19.5 Å². The zero-order chi connectivity index (χ0) is 20.5. The van der Waals surface area contributed by atoms with E-state index in [1.807, 2.05) is 30.3 Å². The summed E-state index contributed by atoms with van der Waals surface area (Å²) in [4.78, 5) is 30.5. The lowest BCUT2D eigenvalue weighted by atomic mass is 10.1. The summed E-state index contributed by atoms with van der Waals surface area (Å²) in [5.74, 6) is 0.778. The fourth-order valence-corrected chi connectivity index (χ4v) is 4.09. The van der Waals surface area contributed by atoms with Crippen LogP contribution in [0.1, 0.15) is 22.9 Å². The van der Waals surface area contributed by atoms with Crippen molar-refractivity contribution < 1.29 is 18.4 Å². The molecule has 2 saturated heterocycles. The van der Waals surface area contributed by atoms with Crippen LogP contribution in [-0.2, 0) is 11.2 Å². The van der Waals surface area contributed by atoms with E-state index in [4.69, 9.17) is 8.83 Å². The first-order valence-corrected chi connectivity index (χ1v) is 9.78. The number of benzene rings is 1. The topological polar surface area (TPSA) is 126 Å². The summed E-state index contributed by atoms with van der Waals surface area (Å²) in [6.07, 6.45) is 3.62. The van der Waals surface area contributed by atoms with Crippen molar-refractivity contribution in [3.8, 4) is 11.5 Å². The molecule has 0 radical (unpaired) electrons. The molecule has 3 atom stereocenters. The minimum Gasteiger partial charge on any atom is -0.438 e. The number of piperazine rings is 1. The van der Waals surface area contributed by atoms with Crippen LogP contribution in [0.3, 0.4) is 0 Å². The van der Waals surface area contributed by atoms with Gasteiger partial charge in [0, 0.05) is 37.2 Å². The summed E-state index contributed by atoms with van der Waals surface area (Å²) in [5, 5.41) is 14.2. The van der Waals surface area contributed by atoms with Gasteiger partial charge in [0.1, 0.15) is 0 Å². The van der Waals surface area contributed by atoms with E-state index >= 15 is 0 Å². The monoisotopic (exact) mass is 408 g/mol. The van der Waals surface area contributed by atoms with Crippen molar-refractivity contribution in [2.24, 2.45) is 0 Å². The van der Waals surface area contributed by atoms with Crippen LogP contribution in [0.15, 0.2) is 51.8 Å². The first-order valence-electron chi connectivity index (χ1n) is 9.78. The second-order valence-electron chi connectivity index (χ2n) is 7.45. The van der Waals surface area contributed by atoms with Crippen LogP contribution in [0.2, 0.25) is 0 Å². The molecule has 0 bridgehead atoms. The summed E-state index contributed by atoms with van der Waals surface area (Å²) in [5.41, 5.74) is 0.863. The number of nitrogens with zero attached hydrogens (tertiary/aromatic N) is 4. The van der Waals surface area contributed by atoms with Gasteiger partial charge in [0.05, 0.1) is 12.2 Å². The lowest BCUT2D eigenvalue weighted by Crippen LogP contribution is -2.58. The molecule has 0 saturated carbocycles. The Kier molecular flexibility index (Phi) is 4.75. The van der Waals surface area contributed by atoms with Gasteiger partial charge in [-0.25, -0.2) is 4.98 Å². The van der Waals surface area contributed by atoms with Crippen molar-refractivity contribution in [2.45, 2.75) is 31.0 Å². The van der Waals surface area contributed by atoms with Crippen LogP contribution in [0.5, 0.6) is 0 Å². The second-order valence-corrected chi connectivity index (χ2v) is 7.45. The molecule has 2 aliphatic rings. The normalized spacial score (nSPS) is 23.7. The number of carbonyl (C=O) groups excluding carboxylic acids is 2. The zero-order valence-corrected chi connectivity index (χ0v) is 16.0. The van der Waals surface area contributed by atoms with Crippen molar-refractivity contribution in [2.75, 3.05) is 13.1 Å². The van der Waals surface area contributed by atoms with E-state index in [0.717, 1.165) is 5.56 Å². The van der Waals surface area contributed by atoms with Crippen LogP contribution in [-0.4, -0.2) is 63.1 Å². The Balaban J connectivity index is 1.27. The number of oxazole rings is 1. The molecule has 4 heterocycles. The van der Waals surface area contributed by atoms with Crippen molar-refractivity contribution in [1.82, 2.24) is 30.7 Å². The van der Waals surface area contributed by atoms with E-state index < -0.39 is 0 Å². The first-order chi connectivity index (χ1) is 14.7. The van der Waals surface area contributed by atoms with Gasteiger partial charge in [-0.05, 0) is 18.6 Å². The van der Waals surface area contributed by atoms with Gasteiger partial charge in [-0.15, -0.1) is 10.2 Å². The highest BCUT2D eigenvalue weighted by atomic mass is 16.4. The average Bonchev–Trinajstić information content (AvgIpc) is 3.52. The molecule has 0 spiro atoms. The van der Waals surface area contributed by atoms with E-state index in [2.05, 4.69) is 30.7 Å². The Labute approximate surface area is 171 Å². The maximum atomic E-state index is 12.4. The summed E-state index contributed by atoms with van der Waals surface area (Å²) in [6.45, 7) is 1.05. The Morgan fingerprint density at radius 3 is 2.93 bits per heavy atom. The van der Waals surface area contributed by atoms with Crippen molar-refractivity contribution in [1.29, 1.82) is 0 Å². The van der Waals surface area contributed by atoms with Crippen LogP contribution in [0.4, 0.5) is 0 Å². The molecule has 0 unspecified atom stereocenters. The molecular weight excluding hydrogens is 388 g/mol. The molecule has 2 fully saturated rings. The van der Waals surface area contributed by atoms with Crippen LogP contribution >= 0.6 is 0 Å². The average molecular weight is 408 g/mol. The molecule has 30 heavy (non-hydrogen) atoms. The lowest BCUT2D eigenvalue weighted by molar-refractivity contribution is -0.129. The Morgan fingerprint density at radius 1 is 1.27 bits per heavy atom. The highest BCUT2D eigenvalue weighted by Gasteiger charge is 2.44. The number of nitrogens with one attached hydrogen (secondary N) is 2. The van der Waals surface area contributed by atoms with Crippen molar-refractivity contribution >= 4 is 11.8 Å². The van der Waals surface area contributed by atoms with E-state index in [-0.39, 0.29) is 35.7 Å². The number of carbonyl (C=O) groups is 2. The largest absolute Gasteiger partial charge is 0.438 e. The summed E-state index contributed by atoms with van der Waals surface area (Å²) < 4.78 is 10.9. The van der Waals surface area contributed by atoms with E-state index in [1.165, 1.54) is 12.6 Å². The number of aromatic nitrogens is 3. The lowest BCUT2D eigenvalue weighted by Gasteiger charge is -2.36. The maximum Gasteiger partial charge on any atom is 0.288 e. The maximum absolute atomic E-state index is 12.4. The van der Waals surface area contributed by atoms with Gasteiger partial charge >= 0.3 is 0 Å². The van der Waals surface area contributed by atoms with Crippen LogP contribution in [0, 0.1) is 0 Å². The molecule has 2 aliphatic heterocycles. The predicted molar refractivity (Wildman–Crippen MR) is 103 cm³/mol. The molecule has 1 aromatic carbocycles. The number of hydrogen-bond acceptors (Lipinski definition) is 8. The highest BCUT2D eigenvalue weighted by Crippen LogP contribution is 2.26. The second kappa shape index (κ2) is 7.71. The van der Waals surface area contributed by atoms with Gasteiger partial charge in [0.25, 0.3) is 5.91 Å². The number of fused-ring (bicyclic) bond motifs is 1. The first kappa shape index (κ1) is 18.5. The molecule has 154 valence electrons. The van der Waals surface area contributed by atoms with Crippen LogP contribution < -0.4 is 10.6 Å². The predicted octanol–water partition coefficient (Wildman–Crippen LogP) is 0.638. The quantitative estimate of drug-likeness (QED) is 0.630. The van der Waals surface area contributed by atoms with E-state index in [9.17, 15) is 9.59 Å². The molecular formula is C20H20N6O4.